The van der Waals surface area contributed by atoms with E-state index < -0.39 is 11.0 Å². The molecule has 0 radical (unpaired) electrons. The van der Waals surface area contributed by atoms with Crippen molar-refractivity contribution in [3.8, 4) is 5.75 Å². The summed E-state index contributed by atoms with van der Waals surface area (Å²) in [7, 11) is 0. The predicted octanol–water partition coefficient (Wildman–Crippen LogP) is 3.99. The SMILES string of the molecule is C[C@@H](O)c1ccc(Br)cc1OCc1ccc([N+](=O)[O-])cc1. The maximum atomic E-state index is 10.6. The van der Waals surface area contributed by atoms with Crippen LogP contribution >= 0.6 is 15.9 Å². The Labute approximate surface area is 130 Å². The first-order chi connectivity index (χ1) is 9.97. The third kappa shape index (κ3) is 4.03. The molecule has 5 nitrogen and oxygen atoms in total. The first-order valence-electron chi connectivity index (χ1n) is 6.31. The molecule has 2 rings (SSSR count). The van der Waals surface area contributed by atoms with E-state index in [1.807, 2.05) is 6.07 Å². The highest BCUT2D eigenvalue weighted by atomic mass is 79.9. The molecule has 110 valence electrons. The Bertz CT molecular complexity index is 641. The molecule has 0 unspecified atom stereocenters. The van der Waals surface area contributed by atoms with E-state index in [4.69, 9.17) is 4.74 Å². The fourth-order valence-electron chi connectivity index (χ4n) is 1.85. The molecule has 0 saturated heterocycles. The van der Waals surface area contributed by atoms with Crippen molar-refractivity contribution in [2.75, 3.05) is 0 Å². The Morgan fingerprint density at radius 1 is 1.29 bits per heavy atom. The van der Waals surface area contributed by atoms with Crippen LogP contribution in [0.5, 0.6) is 5.75 Å². The molecule has 1 atom stereocenters. The minimum atomic E-state index is -0.634. The van der Waals surface area contributed by atoms with Crippen LogP contribution in [0.2, 0.25) is 0 Å². The molecule has 0 aliphatic carbocycles. The van der Waals surface area contributed by atoms with Gasteiger partial charge in [0.2, 0.25) is 0 Å². The van der Waals surface area contributed by atoms with Crippen molar-refractivity contribution in [3.05, 3.63) is 68.2 Å². The Morgan fingerprint density at radius 2 is 1.95 bits per heavy atom. The molecule has 21 heavy (non-hydrogen) atoms. The molecule has 0 aromatic heterocycles. The fraction of sp³-hybridized carbons (Fsp3) is 0.200. The van der Waals surface area contributed by atoms with Crippen LogP contribution in [0.25, 0.3) is 0 Å². The third-order valence-corrected chi connectivity index (χ3v) is 3.46. The highest BCUT2D eigenvalue weighted by Crippen LogP contribution is 2.29. The van der Waals surface area contributed by atoms with E-state index in [0.717, 1.165) is 10.0 Å². The summed E-state index contributed by atoms with van der Waals surface area (Å²) >= 11 is 3.36. The lowest BCUT2D eigenvalue weighted by molar-refractivity contribution is -0.384. The summed E-state index contributed by atoms with van der Waals surface area (Å²) in [5.41, 5.74) is 1.56. The first-order valence-corrected chi connectivity index (χ1v) is 7.10. The molecule has 0 spiro atoms. The van der Waals surface area contributed by atoms with Gasteiger partial charge in [0.25, 0.3) is 5.69 Å². The number of rotatable bonds is 5. The largest absolute Gasteiger partial charge is 0.488 e. The van der Waals surface area contributed by atoms with Crippen LogP contribution in [0.3, 0.4) is 0 Å². The quantitative estimate of drug-likeness (QED) is 0.652. The molecule has 0 aliphatic heterocycles. The second-order valence-corrected chi connectivity index (χ2v) is 5.49. The molecule has 2 aromatic carbocycles. The van der Waals surface area contributed by atoms with Gasteiger partial charge in [0.15, 0.2) is 0 Å². The zero-order chi connectivity index (χ0) is 15.4. The Hall–Kier alpha value is -1.92. The lowest BCUT2D eigenvalue weighted by atomic mass is 10.1. The van der Waals surface area contributed by atoms with Crippen molar-refractivity contribution in [3.63, 3.8) is 0 Å². The van der Waals surface area contributed by atoms with E-state index in [1.165, 1.54) is 12.1 Å². The van der Waals surface area contributed by atoms with Gasteiger partial charge in [-0.05, 0) is 36.8 Å². The summed E-state index contributed by atoms with van der Waals surface area (Å²) in [6, 6.07) is 11.6. The lowest BCUT2D eigenvalue weighted by Crippen LogP contribution is -2.01. The minimum absolute atomic E-state index is 0.0471. The number of aliphatic hydroxyl groups excluding tert-OH is 1. The molecule has 0 fully saturated rings. The van der Waals surface area contributed by atoms with Crippen LogP contribution < -0.4 is 4.74 Å². The van der Waals surface area contributed by atoms with Gasteiger partial charge in [-0.25, -0.2) is 0 Å². The maximum Gasteiger partial charge on any atom is 0.269 e. The van der Waals surface area contributed by atoms with Crippen molar-refractivity contribution in [2.24, 2.45) is 0 Å². The van der Waals surface area contributed by atoms with Crippen molar-refractivity contribution < 1.29 is 14.8 Å². The number of halogens is 1. The highest BCUT2D eigenvalue weighted by molar-refractivity contribution is 9.10. The topological polar surface area (TPSA) is 72.6 Å². The normalized spacial score (nSPS) is 12.0. The Balaban J connectivity index is 2.12. The van der Waals surface area contributed by atoms with Gasteiger partial charge >= 0.3 is 0 Å². The van der Waals surface area contributed by atoms with E-state index in [0.29, 0.717) is 11.3 Å². The van der Waals surface area contributed by atoms with Crippen LogP contribution in [-0.2, 0) is 6.61 Å². The van der Waals surface area contributed by atoms with Crippen LogP contribution in [-0.4, -0.2) is 10.0 Å². The third-order valence-electron chi connectivity index (χ3n) is 2.97. The van der Waals surface area contributed by atoms with Crippen LogP contribution in [0.4, 0.5) is 5.69 Å². The van der Waals surface area contributed by atoms with Gasteiger partial charge in [-0.2, -0.15) is 0 Å². The molecule has 0 saturated carbocycles. The molecular formula is C15H14BrNO4. The van der Waals surface area contributed by atoms with E-state index >= 15 is 0 Å². The lowest BCUT2D eigenvalue weighted by Gasteiger charge is -2.14. The predicted molar refractivity (Wildman–Crippen MR) is 82.2 cm³/mol. The average molecular weight is 352 g/mol. The summed E-state index contributed by atoms with van der Waals surface area (Å²) < 4.78 is 6.56. The summed E-state index contributed by atoms with van der Waals surface area (Å²) in [5, 5.41) is 20.3. The molecule has 0 aliphatic rings. The Kier molecular flexibility index (Phi) is 4.93. The number of nitro groups is 1. The first kappa shape index (κ1) is 15.5. The molecule has 1 N–H and O–H groups in total. The molecule has 2 aromatic rings. The zero-order valence-electron chi connectivity index (χ0n) is 11.3. The fourth-order valence-corrected chi connectivity index (χ4v) is 2.19. The standard InChI is InChI=1S/C15H14BrNO4/c1-10(18)14-7-4-12(16)8-15(14)21-9-11-2-5-13(6-3-11)17(19)20/h2-8,10,18H,9H2,1H3/t10-/m1/s1. The van der Waals surface area contributed by atoms with Crippen molar-refractivity contribution in [1.29, 1.82) is 0 Å². The number of nitro benzene ring substituents is 1. The van der Waals surface area contributed by atoms with Gasteiger partial charge in [-0.3, -0.25) is 10.1 Å². The minimum Gasteiger partial charge on any atom is -0.488 e. The van der Waals surface area contributed by atoms with Gasteiger partial charge < -0.3 is 9.84 Å². The van der Waals surface area contributed by atoms with E-state index in [-0.39, 0.29) is 12.3 Å². The summed E-state index contributed by atoms with van der Waals surface area (Å²) in [6.07, 6.45) is -0.634. The second kappa shape index (κ2) is 6.69. The van der Waals surface area contributed by atoms with Crippen molar-refractivity contribution in [2.45, 2.75) is 19.6 Å². The summed E-state index contributed by atoms with van der Waals surface area (Å²) in [6.45, 7) is 1.94. The van der Waals surface area contributed by atoms with E-state index in [2.05, 4.69) is 15.9 Å². The number of nitrogens with zero attached hydrogens (tertiary/aromatic N) is 1. The van der Waals surface area contributed by atoms with Crippen LogP contribution in [0.1, 0.15) is 24.2 Å². The van der Waals surface area contributed by atoms with Gasteiger partial charge in [-0.1, -0.05) is 22.0 Å². The van der Waals surface area contributed by atoms with Gasteiger partial charge in [0, 0.05) is 22.2 Å². The number of hydrogen-bond acceptors (Lipinski definition) is 4. The van der Waals surface area contributed by atoms with Crippen molar-refractivity contribution in [1.82, 2.24) is 0 Å². The number of benzene rings is 2. The smallest absolute Gasteiger partial charge is 0.269 e. The molecule has 6 heteroatoms. The van der Waals surface area contributed by atoms with Gasteiger partial charge in [0.1, 0.15) is 12.4 Å². The van der Waals surface area contributed by atoms with Gasteiger partial charge in [-0.15, -0.1) is 0 Å². The van der Waals surface area contributed by atoms with E-state index in [9.17, 15) is 15.2 Å². The average Bonchev–Trinajstić information content (AvgIpc) is 2.45. The van der Waals surface area contributed by atoms with Gasteiger partial charge in [0.05, 0.1) is 11.0 Å². The number of ether oxygens (including phenoxy) is 1. The molecule has 0 heterocycles. The zero-order valence-corrected chi connectivity index (χ0v) is 12.9. The maximum absolute atomic E-state index is 10.6. The molecule has 0 bridgehead atoms. The number of hydrogen-bond donors (Lipinski definition) is 1. The number of non-ortho nitro benzene ring substituents is 1. The van der Waals surface area contributed by atoms with Crippen LogP contribution in [0, 0.1) is 10.1 Å². The Morgan fingerprint density at radius 3 is 2.52 bits per heavy atom. The van der Waals surface area contributed by atoms with Crippen molar-refractivity contribution >= 4 is 21.6 Å². The van der Waals surface area contributed by atoms with E-state index in [1.54, 1.807) is 31.2 Å². The monoisotopic (exact) mass is 351 g/mol. The highest BCUT2D eigenvalue weighted by Gasteiger charge is 2.10. The van der Waals surface area contributed by atoms with Crippen LogP contribution in [0.15, 0.2) is 46.9 Å². The number of aliphatic hydroxyl groups is 1. The molecular weight excluding hydrogens is 338 g/mol. The molecule has 0 amide bonds. The summed E-state index contributed by atoms with van der Waals surface area (Å²) in [4.78, 5) is 10.1. The summed E-state index contributed by atoms with van der Waals surface area (Å²) in [5.74, 6) is 0.581. The second-order valence-electron chi connectivity index (χ2n) is 4.57.